The lowest BCUT2D eigenvalue weighted by Crippen LogP contribution is -2.35. The molecular weight excluding hydrogens is 304 g/mol. The molecule has 4 heterocycles. The van der Waals surface area contributed by atoms with Gasteiger partial charge in [-0.2, -0.15) is 10.1 Å². The molecule has 3 aromatic heterocycles. The van der Waals surface area contributed by atoms with Crippen molar-refractivity contribution in [3.8, 4) is 11.3 Å². The monoisotopic (exact) mass is 324 g/mol. The van der Waals surface area contributed by atoms with Crippen molar-refractivity contribution in [2.24, 2.45) is 0 Å². The molecule has 1 aliphatic heterocycles. The highest BCUT2D eigenvalue weighted by molar-refractivity contribution is 5.58. The molecule has 4 rings (SSSR count). The van der Waals surface area contributed by atoms with Crippen molar-refractivity contribution in [3.05, 3.63) is 48.5 Å². The van der Waals surface area contributed by atoms with Gasteiger partial charge in [-0.3, -0.25) is 14.6 Å². The van der Waals surface area contributed by atoms with Gasteiger partial charge in [0, 0.05) is 50.1 Å². The average molecular weight is 324 g/mol. The molecule has 1 fully saturated rings. The number of rotatable bonds is 4. The van der Waals surface area contributed by atoms with Gasteiger partial charge in [-0.05, 0) is 31.0 Å². The lowest BCUT2D eigenvalue weighted by molar-refractivity contribution is 0.160. The number of aryl methyl sites for hydroxylation is 1. The third-order valence-electron chi connectivity index (χ3n) is 4.52. The highest BCUT2D eigenvalue weighted by atomic mass is 16.5. The second-order valence-corrected chi connectivity index (χ2v) is 6.16. The Morgan fingerprint density at radius 1 is 1.12 bits per heavy atom. The second kappa shape index (κ2) is 6.52. The molecular formula is C17H20N6O. The first-order valence-electron chi connectivity index (χ1n) is 8.24. The molecule has 0 amide bonds. The van der Waals surface area contributed by atoms with Crippen LogP contribution in [-0.4, -0.2) is 42.9 Å². The molecule has 0 aliphatic carbocycles. The van der Waals surface area contributed by atoms with E-state index < -0.39 is 0 Å². The molecule has 1 saturated heterocycles. The summed E-state index contributed by atoms with van der Waals surface area (Å²) >= 11 is 0. The van der Waals surface area contributed by atoms with Crippen LogP contribution in [0.5, 0.6) is 0 Å². The molecule has 3 aromatic rings. The van der Waals surface area contributed by atoms with E-state index in [1.165, 1.54) is 0 Å². The SMILES string of the molecule is Cc1nc(C2CCN(Cn3nccc3-c3ccncc3)CC2)no1. The van der Waals surface area contributed by atoms with Crippen LogP contribution < -0.4 is 0 Å². The first kappa shape index (κ1) is 15.0. The molecule has 0 N–H and O–H groups in total. The Kier molecular flexibility index (Phi) is 4.08. The van der Waals surface area contributed by atoms with Crippen LogP contribution in [0.1, 0.15) is 30.5 Å². The van der Waals surface area contributed by atoms with Crippen molar-refractivity contribution in [3.63, 3.8) is 0 Å². The highest BCUT2D eigenvalue weighted by Gasteiger charge is 2.24. The van der Waals surface area contributed by atoms with Gasteiger partial charge in [0.25, 0.3) is 0 Å². The first-order chi connectivity index (χ1) is 11.8. The van der Waals surface area contributed by atoms with Gasteiger partial charge in [-0.1, -0.05) is 5.16 Å². The van der Waals surface area contributed by atoms with Crippen LogP contribution in [-0.2, 0) is 6.67 Å². The van der Waals surface area contributed by atoms with E-state index in [0.717, 1.165) is 49.7 Å². The fourth-order valence-electron chi connectivity index (χ4n) is 3.22. The third kappa shape index (κ3) is 3.07. The van der Waals surface area contributed by atoms with Crippen LogP contribution in [0.2, 0.25) is 0 Å². The summed E-state index contributed by atoms with van der Waals surface area (Å²) < 4.78 is 7.15. The second-order valence-electron chi connectivity index (χ2n) is 6.16. The van der Waals surface area contributed by atoms with Gasteiger partial charge in [0.2, 0.25) is 5.89 Å². The number of nitrogens with zero attached hydrogens (tertiary/aromatic N) is 6. The van der Waals surface area contributed by atoms with Crippen molar-refractivity contribution in [1.82, 2.24) is 29.8 Å². The van der Waals surface area contributed by atoms with Gasteiger partial charge in [0.1, 0.15) is 0 Å². The van der Waals surface area contributed by atoms with Crippen LogP contribution in [0, 0.1) is 6.92 Å². The fourth-order valence-corrected chi connectivity index (χ4v) is 3.22. The maximum absolute atomic E-state index is 5.10. The Morgan fingerprint density at radius 3 is 2.62 bits per heavy atom. The van der Waals surface area contributed by atoms with E-state index in [2.05, 4.69) is 25.1 Å². The zero-order chi connectivity index (χ0) is 16.4. The number of likely N-dealkylation sites (tertiary alicyclic amines) is 1. The fraction of sp³-hybridized carbons (Fsp3) is 0.412. The molecule has 0 atom stereocenters. The van der Waals surface area contributed by atoms with Crippen LogP contribution in [0.4, 0.5) is 0 Å². The molecule has 0 bridgehead atoms. The summed E-state index contributed by atoms with van der Waals surface area (Å²) in [6, 6.07) is 6.07. The molecule has 7 nitrogen and oxygen atoms in total. The smallest absolute Gasteiger partial charge is 0.223 e. The Bertz CT molecular complexity index is 788. The first-order valence-corrected chi connectivity index (χ1v) is 8.24. The van der Waals surface area contributed by atoms with Crippen molar-refractivity contribution < 1.29 is 4.52 Å². The van der Waals surface area contributed by atoms with E-state index in [1.807, 2.05) is 48.4 Å². The number of piperidine rings is 1. The summed E-state index contributed by atoms with van der Waals surface area (Å²) in [5, 5.41) is 8.55. The normalized spacial score (nSPS) is 16.5. The van der Waals surface area contributed by atoms with Crippen molar-refractivity contribution in [2.45, 2.75) is 32.4 Å². The summed E-state index contributed by atoms with van der Waals surface area (Å²) in [7, 11) is 0. The maximum atomic E-state index is 5.10. The van der Waals surface area contributed by atoms with Crippen LogP contribution >= 0.6 is 0 Å². The molecule has 0 aromatic carbocycles. The van der Waals surface area contributed by atoms with Gasteiger partial charge < -0.3 is 4.52 Å². The predicted octanol–water partition coefficient (Wildman–Crippen LogP) is 2.47. The van der Waals surface area contributed by atoms with E-state index in [-0.39, 0.29) is 0 Å². The lowest BCUT2D eigenvalue weighted by atomic mass is 9.96. The van der Waals surface area contributed by atoms with Gasteiger partial charge in [0.15, 0.2) is 5.82 Å². The zero-order valence-electron chi connectivity index (χ0n) is 13.7. The van der Waals surface area contributed by atoms with E-state index in [0.29, 0.717) is 11.8 Å². The summed E-state index contributed by atoms with van der Waals surface area (Å²) in [5.41, 5.74) is 2.26. The van der Waals surface area contributed by atoms with Gasteiger partial charge in [-0.15, -0.1) is 0 Å². The third-order valence-corrected chi connectivity index (χ3v) is 4.52. The zero-order valence-corrected chi connectivity index (χ0v) is 13.7. The minimum absolute atomic E-state index is 0.399. The van der Waals surface area contributed by atoms with E-state index in [4.69, 9.17) is 4.52 Å². The van der Waals surface area contributed by atoms with Crippen LogP contribution in [0.15, 0.2) is 41.3 Å². The Morgan fingerprint density at radius 2 is 1.92 bits per heavy atom. The number of aromatic nitrogens is 5. The van der Waals surface area contributed by atoms with Gasteiger partial charge in [-0.25, -0.2) is 0 Å². The molecule has 124 valence electrons. The Labute approximate surface area is 140 Å². The van der Waals surface area contributed by atoms with E-state index >= 15 is 0 Å². The topological polar surface area (TPSA) is 72.9 Å². The molecule has 0 saturated carbocycles. The minimum Gasteiger partial charge on any atom is -0.340 e. The van der Waals surface area contributed by atoms with Gasteiger partial charge in [0.05, 0.1) is 12.4 Å². The minimum atomic E-state index is 0.399. The highest BCUT2D eigenvalue weighted by Crippen LogP contribution is 2.26. The summed E-state index contributed by atoms with van der Waals surface area (Å²) in [4.78, 5) is 10.9. The molecule has 24 heavy (non-hydrogen) atoms. The molecule has 1 aliphatic rings. The van der Waals surface area contributed by atoms with Crippen LogP contribution in [0.3, 0.4) is 0 Å². The molecule has 0 unspecified atom stereocenters. The van der Waals surface area contributed by atoms with Crippen molar-refractivity contribution in [1.29, 1.82) is 0 Å². The summed E-state index contributed by atoms with van der Waals surface area (Å²) in [6.45, 7) is 4.65. The molecule has 0 radical (unpaired) electrons. The number of hydrogen-bond acceptors (Lipinski definition) is 6. The quantitative estimate of drug-likeness (QED) is 0.734. The summed E-state index contributed by atoms with van der Waals surface area (Å²) in [5.74, 6) is 1.89. The maximum Gasteiger partial charge on any atom is 0.223 e. The Hall–Kier alpha value is -2.54. The standard InChI is InChI=1S/C17H20N6O/c1-13-20-17(21-24-13)15-5-10-22(11-6-15)12-23-16(4-9-19-23)14-2-7-18-8-3-14/h2-4,7-9,15H,5-6,10-12H2,1H3. The van der Waals surface area contributed by atoms with Crippen LogP contribution in [0.25, 0.3) is 11.3 Å². The Balaban J connectivity index is 1.40. The van der Waals surface area contributed by atoms with E-state index in [9.17, 15) is 0 Å². The molecule has 7 heteroatoms. The number of pyridine rings is 1. The van der Waals surface area contributed by atoms with Crippen molar-refractivity contribution >= 4 is 0 Å². The van der Waals surface area contributed by atoms with Crippen molar-refractivity contribution in [2.75, 3.05) is 13.1 Å². The lowest BCUT2D eigenvalue weighted by Gasteiger charge is -2.30. The molecule has 0 spiro atoms. The average Bonchev–Trinajstić information content (AvgIpc) is 3.25. The van der Waals surface area contributed by atoms with E-state index in [1.54, 1.807) is 0 Å². The number of hydrogen-bond donors (Lipinski definition) is 0. The summed E-state index contributed by atoms with van der Waals surface area (Å²) in [6.07, 6.45) is 7.57. The largest absolute Gasteiger partial charge is 0.340 e. The predicted molar refractivity (Wildman–Crippen MR) is 88.0 cm³/mol. The van der Waals surface area contributed by atoms with Gasteiger partial charge >= 0.3 is 0 Å².